The van der Waals surface area contributed by atoms with Crippen LogP contribution in [0.4, 0.5) is 4.39 Å². The Labute approximate surface area is 117 Å². The minimum absolute atomic E-state index is 0.0349. The lowest BCUT2D eigenvalue weighted by molar-refractivity contribution is 0.0697. The number of benzene rings is 1. The summed E-state index contributed by atoms with van der Waals surface area (Å²) in [5.41, 5.74) is -1.67. The minimum atomic E-state index is -1.07. The maximum Gasteiger partial charge on any atom is 0.335 e. The van der Waals surface area contributed by atoms with Gasteiger partial charge in [0.05, 0.1) is 18.3 Å². The van der Waals surface area contributed by atoms with Crippen LogP contribution in [0.2, 0.25) is 0 Å². The summed E-state index contributed by atoms with van der Waals surface area (Å²) in [6, 6.07) is 5.70. The molecule has 1 aromatic heterocycles. The molecule has 0 fully saturated rings. The number of carbonyl (C=O) groups is 1. The number of halogens is 1. The second-order valence-corrected chi connectivity index (χ2v) is 4.11. The second kappa shape index (κ2) is 6.04. The molecule has 0 aliphatic carbocycles. The van der Waals surface area contributed by atoms with E-state index in [1.54, 1.807) is 0 Å². The Morgan fingerprint density at radius 3 is 2.57 bits per heavy atom. The van der Waals surface area contributed by atoms with Gasteiger partial charge in [0.1, 0.15) is 12.4 Å². The van der Waals surface area contributed by atoms with Crippen LogP contribution in [0.15, 0.2) is 40.1 Å². The highest BCUT2D eigenvalue weighted by Crippen LogP contribution is 2.12. The van der Waals surface area contributed by atoms with Gasteiger partial charge in [0.25, 0.3) is 5.56 Å². The van der Waals surface area contributed by atoms with Crippen LogP contribution in [-0.4, -0.2) is 27.2 Å². The van der Waals surface area contributed by atoms with Crippen molar-refractivity contribution < 1.29 is 19.0 Å². The Bertz CT molecular complexity index is 763. The molecule has 0 radical (unpaired) electrons. The number of nitrogens with one attached hydrogen (secondary N) is 1. The van der Waals surface area contributed by atoms with Gasteiger partial charge in [-0.3, -0.25) is 14.3 Å². The maximum absolute atomic E-state index is 13.0. The molecule has 2 rings (SSSR count). The molecule has 0 aliphatic heterocycles. The van der Waals surface area contributed by atoms with Crippen LogP contribution in [0, 0.1) is 5.82 Å². The predicted octanol–water partition coefficient (Wildman–Crippen LogP) is 0.453. The molecule has 110 valence electrons. The molecule has 0 bridgehead atoms. The summed E-state index contributed by atoms with van der Waals surface area (Å²) in [6.07, 6.45) is 0.804. The normalized spacial score (nSPS) is 10.3. The van der Waals surface area contributed by atoms with Crippen molar-refractivity contribution in [1.82, 2.24) is 9.55 Å². The number of aromatic nitrogens is 2. The van der Waals surface area contributed by atoms with Gasteiger partial charge in [-0.25, -0.2) is 9.59 Å². The molecular formula is C13H11FN2O5. The number of carboxylic acid groups (broad SMARTS) is 1. The number of hydrogen-bond donors (Lipinski definition) is 2. The molecule has 2 aromatic rings. The van der Waals surface area contributed by atoms with E-state index >= 15 is 0 Å². The van der Waals surface area contributed by atoms with Gasteiger partial charge in [0.15, 0.2) is 0 Å². The van der Waals surface area contributed by atoms with Crippen molar-refractivity contribution >= 4 is 5.97 Å². The van der Waals surface area contributed by atoms with Crippen LogP contribution in [0.5, 0.6) is 5.75 Å². The number of H-pyrrole nitrogens is 1. The van der Waals surface area contributed by atoms with Gasteiger partial charge in [-0.2, -0.15) is 4.39 Å². The summed E-state index contributed by atoms with van der Waals surface area (Å²) in [6.45, 7) is 0.0883. The van der Waals surface area contributed by atoms with Gasteiger partial charge in [0, 0.05) is 0 Å². The highest BCUT2D eigenvalue weighted by molar-refractivity contribution is 5.87. The minimum Gasteiger partial charge on any atom is -0.492 e. The van der Waals surface area contributed by atoms with E-state index in [4.69, 9.17) is 9.84 Å². The average molecular weight is 294 g/mol. The van der Waals surface area contributed by atoms with Crippen LogP contribution in [-0.2, 0) is 6.54 Å². The fraction of sp³-hybridized carbons (Fsp3) is 0.154. The topological polar surface area (TPSA) is 101 Å². The van der Waals surface area contributed by atoms with E-state index in [9.17, 15) is 18.8 Å². The third-order valence-corrected chi connectivity index (χ3v) is 2.67. The molecule has 7 nitrogen and oxygen atoms in total. The molecule has 0 saturated heterocycles. The summed E-state index contributed by atoms with van der Waals surface area (Å²) < 4.78 is 19.3. The number of ether oxygens (including phenoxy) is 1. The average Bonchev–Trinajstić information content (AvgIpc) is 2.45. The van der Waals surface area contributed by atoms with Gasteiger partial charge in [-0.05, 0) is 24.3 Å². The fourth-order valence-corrected chi connectivity index (χ4v) is 1.60. The lowest BCUT2D eigenvalue weighted by Crippen LogP contribution is -2.32. The van der Waals surface area contributed by atoms with E-state index in [0.717, 1.165) is 10.8 Å². The molecule has 1 heterocycles. The van der Waals surface area contributed by atoms with Crippen LogP contribution in [0.25, 0.3) is 0 Å². The van der Waals surface area contributed by atoms with Crippen LogP contribution >= 0.6 is 0 Å². The van der Waals surface area contributed by atoms with Crippen molar-refractivity contribution in [2.45, 2.75) is 6.54 Å². The Balaban J connectivity index is 1.98. The van der Waals surface area contributed by atoms with Crippen molar-refractivity contribution in [2.75, 3.05) is 6.61 Å². The highest BCUT2D eigenvalue weighted by Gasteiger charge is 2.05. The van der Waals surface area contributed by atoms with E-state index in [1.165, 1.54) is 24.3 Å². The van der Waals surface area contributed by atoms with Crippen molar-refractivity contribution in [3.05, 3.63) is 62.7 Å². The first-order valence-electron chi connectivity index (χ1n) is 5.93. The lowest BCUT2D eigenvalue weighted by Gasteiger charge is -2.08. The largest absolute Gasteiger partial charge is 0.492 e. The van der Waals surface area contributed by atoms with Crippen LogP contribution < -0.4 is 16.0 Å². The van der Waals surface area contributed by atoms with Crippen molar-refractivity contribution in [1.29, 1.82) is 0 Å². The van der Waals surface area contributed by atoms with E-state index < -0.39 is 23.0 Å². The molecule has 0 atom stereocenters. The number of carboxylic acids is 1. The summed E-state index contributed by atoms with van der Waals surface area (Å²) in [7, 11) is 0. The molecule has 8 heteroatoms. The smallest absolute Gasteiger partial charge is 0.335 e. The monoisotopic (exact) mass is 294 g/mol. The number of rotatable bonds is 5. The number of aromatic carboxylic acids is 1. The molecule has 2 N–H and O–H groups in total. The Hall–Kier alpha value is -2.90. The Morgan fingerprint density at radius 2 is 1.95 bits per heavy atom. The quantitative estimate of drug-likeness (QED) is 0.834. The van der Waals surface area contributed by atoms with E-state index in [2.05, 4.69) is 0 Å². The molecule has 0 unspecified atom stereocenters. The molecular weight excluding hydrogens is 283 g/mol. The van der Waals surface area contributed by atoms with Gasteiger partial charge >= 0.3 is 11.7 Å². The Kier molecular flexibility index (Phi) is 4.17. The third-order valence-electron chi connectivity index (χ3n) is 2.67. The van der Waals surface area contributed by atoms with Gasteiger partial charge in [0.2, 0.25) is 5.82 Å². The first-order chi connectivity index (χ1) is 9.97. The molecule has 1 aromatic carbocycles. The van der Waals surface area contributed by atoms with Crippen molar-refractivity contribution in [3.8, 4) is 5.75 Å². The Morgan fingerprint density at radius 1 is 1.29 bits per heavy atom. The summed E-state index contributed by atoms with van der Waals surface area (Å²) in [5.74, 6) is -1.69. The molecule has 0 aliphatic rings. The van der Waals surface area contributed by atoms with E-state index in [0.29, 0.717) is 5.75 Å². The molecule has 0 amide bonds. The van der Waals surface area contributed by atoms with E-state index in [-0.39, 0.29) is 18.7 Å². The third kappa shape index (κ3) is 3.56. The van der Waals surface area contributed by atoms with Crippen molar-refractivity contribution in [2.24, 2.45) is 0 Å². The summed E-state index contributed by atoms with van der Waals surface area (Å²) in [5, 5.41) is 8.74. The maximum atomic E-state index is 13.0. The molecule has 0 saturated carbocycles. The van der Waals surface area contributed by atoms with Gasteiger partial charge in [-0.15, -0.1) is 0 Å². The summed E-state index contributed by atoms with van der Waals surface area (Å²) in [4.78, 5) is 34.7. The zero-order chi connectivity index (χ0) is 15.4. The van der Waals surface area contributed by atoms with Crippen LogP contribution in [0.3, 0.4) is 0 Å². The first kappa shape index (κ1) is 14.5. The zero-order valence-corrected chi connectivity index (χ0v) is 10.7. The second-order valence-electron chi connectivity index (χ2n) is 4.11. The van der Waals surface area contributed by atoms with Crippen LogP contribution in [0.1, 0.15) is 10.4 Å². The van der Waals surface area contributed by atoms with Crippen molar-refractivity contribution in [3.63, 3.8) is 0 Å². The van der Waals surface area contributed by atoms with E-state index in [1.807, 2.05) is 4.98 Å². The molecule has 0 spiro atoms. The lowest BCUT2D eigenvalue weighted by atomic mass is 10.2. The number of hydrogen-bond acceptors (Lipinski definition) is 4. The molecule has 21 heavy (non-hydrogen) atoms. The number of nitrogens with zero attached hydrogens (tertiary/aromatic N) is 1. The highest BCUT2D eigenvalue weighted by atomic mass is 19.1. The number of aromatic amines is 1. The standard InChI is InChI=1S/C13H11FN2O5/c14-10-7-16(13(20)15-11(10)17)5-6-21-9-3-1-8(2-4-9)12(18)19/h1-4,7H,5-6H2,(H,18,19)(H,15,17,20). The SMILES string of the molecule is O=C(O)c1ccc(OCCn2cc(F)c(=O)[nH]c2=O)cc1. The summed E-state index contributed by atoms with van der Waals surface area (Å²) >= 11 is 0. The predicted molar refractivity (Wildman–Crippen MR) is 70.2 cm³/mol. The first-order valence-corrected chi connectivity index (χ1v) is 5.93. The van der Waals surface area contributed by atoms with Gasteiger partial charge in [-0.1, -0.05) is 0 Å². The zero-order valence-electron chi connectivity index (χ0n) is 10.7. The fourth-order valence-electron chi connectivity index (χ4n) is 1.60. The van der Waals surface area contributed by atoms with Gasteiger partial charge < -0.3 is 9.84 Å².